The number of nitrogens with two attached hydrogens (primary N) is 1. The van der Waals surface area contributed by atoms with E-state index in [4.69, 9.17) is 10.3 Å². The van der Waals surface area contributed by atoms with Crippen molar-refractivity contribution in [3.05, 3.63) is 11.8 Å². The number of likely N-dealkylation sites (tertiary alicyclic amines) is 1. The maximum Gasteiger partial charge on any atom is 0.243 e. The maximum absolute atomic E-state index is 12.1. The van der Waals surface area contributed by atoms with E-state index in [0.29, 0.717) is 31.8 Å². The summed E-state index contributed by atoms with van der Waals surface area (Å²) in [5.74, 6) is -0.109. The molecule has 2 heterocycles. The lowest BCUT2D eigenvalue weighted by Gasteiger charge is -2.33. The second-order valence-corrected chi connectivity index (χ2v) is 5.21. The van der Waals surface area contributed by atoms with Gasteiger partial charge in [0, 0.05) is 12.0 Å². The summed E-state index contributed by atoms with van der Waals surface area (Å²) in [5.41, 5.74) is 6.01. The van der Waals surface area contributed by atoms with Crippen LogP contribution in [0.4, 0.5) is 5.88 Å². The predicted octanol–water partition coefficient (Wildman–Crippen LogP) is 0.507. The van der Waals surface area contributed by atoms with E-state index in [1.165, 1.54) is 0 Å². The fourth-order valence-electron chi connectivity index (χ4n) is 2.39. The third kappa shape index (κ3) is 3.36. The first-order valence-corrected chi connectivity index (χ1v) is 6.75. The van der Waals surface area contributed by atoms with Crippen LogP contribution in [-0.2, 0) is 9.59 Å². The van der Waals surface area contributed by atoms with Crippen LogP contribution in [0.3, 0.4) is 0 Å². The Bertz CT molecular complexity index is 492. The lowest BCUT2D eigenvalue weighted by Crippen LogP contribution is -2.47. The molecule has 0 saturated carbocycles. The van der Waals surface area contributed by atoms with Crippen molar-refractivity contribution in [2.75, 3.05) is 18.4 Å². The average molecular weight is 280 g/mol. The number of hydrogen-bond acceptors (Lipinski definition) is 5. The van der Waals surface area contributed by atoms with Crippen LogP contribution in [0.1, 0.15) is 25.5 Å². The smallest absolute Gasteiger partial charge is 0.243 e. The Labute approximate surface area is 117 Å². The molecule has 0 radical (unpaired) electrons. The lowest BCUT2D eigenvalue weighted by molar-refractivity contribution is -0.124. The Morgan fingerprint density at radius 1 is 1.50 bits per heavy atom. The zero-order valence-corrected chi connectivity index (χ0v) is 11.8. The Kier molecular flexibility index (Phi) is 4.39. The van der Waals surface area contributed by atoms with Gasteiger partial charge in [0.15, 0.2) is 0 Å². The number of carbonyl (C=O) groups excluding carboxylic acids is 2. The van der Waals surface area contributed by atoms with Crippen LogP contribution in [0, 0.1) is 12.8 Å². The Balaban J connectivity index is 1.86. The van der Waals surface area contributed by atoms with Gasteiger partial charge in [-0.05, 0) is 39.8 Å². The number of nitrogens with one attached hydrogen (secondary N) is 1. The SMILES string of the molecule is Cc1cc(NC(=O)[C@@H](C)N2CCC(C(N)=O)CC2)on1. The second-order valence-electron chi connectivity index (χ2n) is 5.21. The number of nitrogens with zero attached hydrogens (tertiary/aromatic N) is 2. The van der Waals surface area contributed by atoms with Gasteiger partial charge in [0.2, 0.25) is 17.7 Å². The molecule has 1 atom stereocenters. The van der Waals surface area contributed by atoms with Crippen LogP contribution in [0.15, 0.2) is 10.6 Å². The van der Waals surface area contributed by atoms with E-state index in [9.17, 15) is 9.59 Å². The molecule has 3 N–H and O–H groups in total. The molecule has 0 spiro atoms. The standard InChI is InChI=1S/C13H20N4O3/c1-8-7-11(20-16-8)15-13(19)9(2)17-5-3-10(4-6-17)12(14)18/h7,9-10H,3-6H2,1-2H3,(H2,14,18)(H,15,19)/t9-/m1/s1. The summed E-state index contributed by atoms with van der Waals surface area (Å²) in [4.78, 5) is 25.3. The number of rotatable bonds is 4. The van der Waals surface area contributed by atoms with Gasteiger partial charge >= 0.3 is 0 Å². The van der Waals surface area contributed by atoms with Gasteiger partial charge in [0.05, 0.1) is 11.7 Å². The first-order chi connectivity index (χ1) is 9.47. The highest BCUT2D eigenvalue weighted by molar-refractivity contribution is 5.93. The highest BCUT2D eigenvalue weighted by atomic mass is 16.5. The molecule has 7 nitrogen and oxygen atoms in total. The molecule has 20 heavy (non-hydrogen) atoms. The molecule has 1 fully saturated rings. The minimum atomic E-state index is -0.283. The highest BCUT2D eigenvalue weighted by Gasteiger charge is 2.29. The third-order valence-electron chi connectivity index (χ3n) is 3.73. The minimum Gasteiger partial charge on any atom is -0.369 e. The van der Waals surface area contributed by atoms with Crippen LogP contribution in [0.25, 0.3) is 0 Å². The number of primary amides is 1. The molecule has 1 saturated heterocycles. The number of anilines is 1. The van der Waals surface area contributed by atoms with E-state index in [2.05, 4.69) is 10.5 Å². The van der Waals surface area contributed by atoms with E-state index in [0.717, 1.165) is 5.69 Å². The number of aromatic nitrogens is 1. The summed E-state index contributed by atoms with van der Waals surface area (Å²) >= 11 is 0. The van der Waals surface area contributed by atoms with Gasteiger partial charge < -0.3 is 10.3 Å². The van der Waals surface area contributed by atoms with Gasteiger partial charge in [-0.3, -0.25) is 19.8 Å². The molecule has 0 aromatic carbocycles. The summed E-state index contributed by atoms with van der Waals surface area (Å²) in [6, 6.07) is 1.39. The first kappa shape index (κ1) is 14.5. The molecule has 2 rings (SSSR count). The Morgan fingerprint density at radius 2 is 2.15 bits per heavy atom. The van der Waals surface area contributed by atoms with Crippen LogP contribution in [0.2, 0.25) is 0 Å². The number of carbonyl (C=O) groups is 2. The topological polar surface area (TPSA) is 101 Å². The van der Waals surface area contributed by atoms with Crippen molar-refractivity contribution in [1.82, 2.24) is 10.1 Å². The number of hydrogen-bond donors (Lipinski definition) is 2. The van der Waals surface area contributed by atoms with Gasteiger partial charge in [0.25, 0.3) is 0 Å². The molecular formula is C13H20N4O3. The Morgan fingerprint density at radius 3 is 2.65 bits per heavy atom. The average Bonchev–Trinajstić information content (AvgIpc) is 2.83. The summed E-state index contributed by atoms with van der Waals surface area (Å²) < 4.78 is 4.96. The summed E-state index contributed by atoms with van der Waals surface area (Å²) in [7, 11) is 0. The van der Waals surface area contributed by atoms with E-state index in [1.807, 2.05) is 11.8 Å². The van der Waals surface area contributed by atoms with Gasteiger partial charge in [-0.1, -0.05) is 5.16 Å². The molecular weight excluding hydrogens is 260 g/mol. The van der Waals surface area contributed by atoms with E-state index >= 15 is 0 Å². The normalized spacial score (nSPS) is 18.7. The van der Waals surface area contributed by atoms with Gasteiger partial charge in [-0.2, -0.15) is 0 Å². The monoisotopic (exact) mass is 280 g/mol. The fourth-order valence-corrected chi connectivity index (χ4v) is 2.39. The zero-order valence-electron chi connectivity index (χ0n) is 11.8. The van der Waals surface area contributed by atoms with Crippen LogP contribution >= 0.6 is 0 Å². The number of piperidine rings is 1. The summed E-state index contributed by atoms with van der Waals surface area (Å²) in [6.07, 6.45) is 1.41. The molecule has 1 aromatic rings. The van der Waals surface area contributed by atoms with Crippen molar-refractivity contribution in [3.8, 4) is 0 Å². The second kappa shape index (κ2) is 6.04. The van der Waals surface area contributed by atoms with E-state index in [1.54, 1.807) is 13.0 Å². The van der Waals surface area contributed by atoms with Gasteiger partial charge in [-0.15, -0.1) is 0 Å². The van der Waals surface area contributed by atoms with Crippen molar-refractivity contribution in [2.24, 2.45) is 11.7 Å². The van der Waals surface area contributed by atoms with Crippen LogP contribution in [0.5, 0.6) is 0 Å². The Hall–Kier alpha value is -1.89. The molecule has 0 bridgehead atoms. The molecule has 1 aliphatic heterocycles. The van der Waals surface area contributed by atoms with Crippen molar-refractivity contribution in [3.63, 3.8) is 0 Å². The number of aryl methyl sites for hydroxylation is 1. The minimum absolute atomic E-state index is 0.0709. The lowest BCUT2D eigenvalue weighted by atomic mass is 9.95. The quantitative estimate of drug-likeness (QED) is 0.836. The van der Waals surface area contributed by atoms with Crippen LogP contribution < -0.4 is 11.1 Å². The summed E-state index contributed by atoms with van der Waals surface area (Å²) in [5, 5.41) is 6.41. The largest absolute Gasteiger partial charge is 0.369 e. The molecule has 1 aliphatic rings. The molecule has 110 valence electrons. The molecule has 0 aliphatic carbocycles. The number of amides is 2. The molecule has 1 aromatic heterocycles. The van der Waals surface area contributed by atoms with Crippen LogP contribution in [-0.4, -0.2) is 41.0 Å². The van der Waals surface area contributed by atoms with Gasteiger partial charge in [-0.25, -0.2) is 0 Å². The fraction of sp³-hybridized carbons (Fsp3) is 0.615. The third-order valence-corrected chi connectivity index (χ3v) is 3.73. The van der Waals surface area contributed by atoms with Crippen molar-refractivity contribution >= 4 is 17.7 Å². The molecule has 0 unspecified atom stereocenters. The highest BCUT2D eigenvalue weighted by Crippen LogP contribution is 2.19. The van der Waals surface area contributed by atoms with Crippen molar-refractivity contribution < 1.29 is 14.1 Å². The van der Waals surface area contributed by atoms with Crippen molar-refractivity contribution in [1.29, 1.82) is 0 Å². The maximum atomic E-state index is 12.1. The van der Waals surface area contributed by atoms with Crippen molar-refractivity contribution in [2.45, 2.75) is 32.7 Å². The van der Waals surface area contributed by atoms with E-state index in [-0.39, 0.29) is 23.8 Å². The molecule has 7 heteroatoms. The summed E-state index contributed by atoms with van der Waals surface area (Å²) in [6.45, 7) is 5.01. The first-order valence-electron chi connectivity index (χ1n) is 6.75. The molecule has 2 amide bonds. The zero-order chi connectivity index (χ0) is 14.7. The predicted molar refractivity (Wildman–Crippen MR) is 72.8 cm³/mol. The van der Waals surface area contributed by atoms with Gasteiger partial charge in [0.1, 0.15) is 0 Å². The van der Waals surface area contributed by atoms with E-state index < -0.39 is 0 Å².